The van der Waals surface area contributed by atoms with Crippen LogP contribution in [0.5, 0.6) is 5.75 Å². The van der Waals surface area contributed by atoms with Gasteiger partial charge < -0.3 is 14.6 Å². The number of hydrogen-bond acceptors (Lipinski definition) is 7. The normalized spacial score (nSPS) is 21.4. The lowest BCUT2D eigenvalue weighted by Crippen LogP contribution is -2.33. The smallest absolute Gasteiger partial charge is 0.267 e. The van der Waals surface area contributed by atoms with E-state index in [9.17, 15) is 14.0 Å². The molecule has 0 bridgehead atoms. The molecule has 2 aromatic rings. The molecule has 2 saturated carbocycles. The number of ketones is 1. The standard InChI is InChI=1S/C23H23FN4O4/c1-12(31-16-7-9-19(25-11-16)20(29)13-2-3-13)23-27-21(28-32-23)14-4-8-17(18(24)10-14)22(30)26-15-5-6-15/h4,7,9-13,15,17H,2-3,5-6,8H2,1H3,(H,26,30). The number of hydrogen-bond donors (Lipinski definition) is 1. The quantitative estimate of drug-likeness (QED) is 0.626. The van der Waals surface area contributed by atoms with Crippen molar-refractivity contribution < 1.29 is 23.2 Å². The van der Waals surface area contributed by atoms with Gasteiger partial charge in [0.1, 0.15) is 17.3 Å². The summed E-state index contributed by atoms with van der Waals surface area (Å²) in [5.41, 5.74) is 0.902. The number of aromatic nitrogens is 3. The van der Waals surface area contributed by atoms with Gasteiger partial charge in [-0.1, -0.05) is 11.2 Å². The second kappa shape index (κ2) is 8.29. The molecule has 8 nitrogen and oxygen atoms in total. The van der Waals surface area contributed by atoms with Crippen LogP contribution >= 0.6 is 0 Å². The molecule has 5 rings (SSSR count). The van der Waals surface area contributed by atoms with Crippen molar-refractivity contribution in [2.45, 2.75) is 51.2 Å². The van der Waals surface area contributed by atoms with Crippen molar-refractivity contribution in [2.75, 3.05) is 0 Å². The molecule has 9 heteroatoms. The van der Waals surface area contributed by atoms with Crippen LogP contribution in [0.15, 0.2) is 40.8 Å². The first-order valence-corrected chi connectivity index (χ1v) is 10.9. The molecule has 166 valence electrons. The number of rotatable bonds is 8. The zero-order chi connectivity index (χ0) is 22.2. The highest BCUT2D eigenvalue weighted by molar-refractivity contribution is 5.97. The van der Waals surface area contributed by atoms with E-state index in [1.807, 2.05) is 0 Å². The highest BCUT2D eigenvalue weighted by Crippen LogP contribution is 2.33. The van der Waals surface area contributed by atoms with Crippen molar-refractivity contribution in [1.29, 1.82) is 0 Å². The molecule has 2 unspecified atom stereocenters. The molecule has 1 N–H and O–H groups in total. The first-order chi connectivity index (χ1) is 15.5. The highest BCUT2D eigenvalue weighted by Gasteiger charge is 2.32. The first kappa shape index (κ1) is 20.5. The second-order valence-corrected chi connectivity index (χ2v) is 8.49. The summed E-state index contributed by atoms with van der Waals surface area (Å²) in [7, 11) is 0. The van der Waals surface area contributed by atoms with E-state index in [4.69, 9.17) is 9.26 Å². The van der Waals surface area contributed by atoms with Gasteiger partial charge in [-0.25, -0.2) is 9.37 Å². The van der Waals surface area contributed by atoms with Gasteiger partial charge in [-0.15, -0.1) is 0 Å². The number of nitrogens with one attached hydrogen (secondary N) is 1. The minimum Gasteiger partial charge on any atom is -0.479 e. The molecule has 32 heavy (non-hydrogen) atoms. The van der Waals surface area contributed by atoms with E-state index in [0.29, 0.717) is 17.0 Å². The Morgan fingerprint density at radius 2 is 2.06 bits per heavy atom. The average molecular weight is 438 g/mol. The number of carbonyl (C=O) groups is 2. The molecular weight excluding hydrogens is 415 g/mol. The van der Waals surface area contributed by atoms with Crippen LogP contribution in [0.25, 0.3) is 5.57 Å². The number of pyridine rings is 1. The summed E-state index contributed by atoms with van der Waals surface area (Å²) < 4.78 is 25.6. The molecule has 0 aromatic carbocycles. The van der Waals surface area contributed by atoms with Crippen molar-refractivity contribution in [2.24, 2.45) is 11.8 Å². The van der Waals surface area contributed by atoms with Gasteiger partial charge in [0.15, 0.2) is 11.9 Å². The molecule has 0 saturated heterocycles. The van der Waals surface area contributed by atoms with E-state index in [1.165, 1.54) is 12.3 Å². The number of ether oxygens (including phenoxy) is 1. The molecule has 0 aliphatic heterocycles. The molecular formula is C23H23FN4O4. The predicted octanol–water partition coefficient (Wildman–Crippen LogP) is 3.73. The van der Waals surface area contributed by atoms with Crippen LogP contribution in [0.3, 0.4) is 0 Å². The minimum atomic E-state index is -0.810. The number of nitrogens with zero attached hydrogens (tertiary/aromatic N) is 3. The zero-order valence-electron chi connectivity index (χ0n) is 17.6. The third kappa shape index (κ3) is 4.46. The fourth-order valence-electron chi connectivity index (χ4n) is 3.51. The first-order valence-electron chi connectivity index (χ1n) is 10.9. The minimum absolute atomic E-state index is 0.0689. The van der Waals surface area contributed by atoms with Gasteiger partial charge in [-0.2, -0.15) is 4.98 Å². The summed E-state index contributed by atoms with van der Waals surface area (Å²) in [5, 5.41) is 6.75. The van der Waals surface area contributed by atoms with Gasteiger partial charge in [0, 0.05) is 17.5 Å². The van der Waals surface area contributed by atoms with Crippen LogP contribution in [0.2, 0.25) is 0 Å². The van der Waals surface area contributed by atoms with Gasteiger partial charge in [0.05, 0.1) is 12.1 Å². The molecule has 0 spiro atoms. The molecule has 3 aliphatic carbocycles. The number of Topliss-reactive ketones (excluding diaryl/α,β-unsaturated/α-hetero) is 1. The van der Waals surface area contributed by atoms with Crippen LogP contribution in [0, 0.1) is 11.8 Å². The zero-order valence-corrected chi connectivity index (χ0v) is 17.6. The van der Waals surface area contributed by atoms with Crippen LogP contribution in [0.1, 0.15) is 67.3 Å². The third-order valence-corrected chi connectivity index (χ3v) is 5.74. The van der Waals surface area contributed by atoms with Gasteiger partial charge in [0.2, 0.25) is 11.7 Å². The summed E-state index contributed by atoms with van der Waals surface area (Å²) in [6, 6.07) is 3.52. The predicted molar refractivity (Wildman–Crippen MR) is 111 cm³/mol. The average Bonchev–Trinajstić information content (AvgIpc) is 3.72. The monoisotopic (exact) mass is 438 g/mol. The van der Waals surface area contributed by atoms with E-state index in [-0.39, 0.29) is 41.8 Å². The van der Waals surface area contributed by atoms with Gasteiger partial charge in [0.25, 0.3) is 5.89 Å². The second-order valence-electron chi connectivity index (χ2n) is 8.49. The summed E-state index contributed by atoms with van der Waals surface area (Å²) in [5.74, 6) is -0.502. The SMILES string of the molecule is CC(Oc1ccc(C(=O)C2CC2)nc1)c1nc(C2=CCC(C(=O)NC3CC3)C(F)=C2)no1. The van der Waals surface area contributed by atoms with Crippen molar-refractivity contribution in [1.82, 2.24) is 20.4 Å². The van der Waals surface area contributed by atoms with Crippen LogP contribution in [-0.4, -0.2) is 32.9 Å². The van der Waals surface area contributed by atoms with E-state index in [2.05, 4.69) is 20.4 Å². The number of amides is 1. The fourth-order valence-corrected chi connectivity index (χ4v) is 3.51. The Kier molecular flexibility index (Phi) is 5.32. The lowest BCUT2D eigenvalue weighted by Gasteiger charge is -2.17. The summed E-state index contributed by atoms with van der Waals surface area (Å²) in [4.78, 5) is 32.7. The van der Waals surface area contributed by atoms with E-state index >= 15 is 0 Å². The Hall–Kier alpha value is -3.36. The summed E-state index contributed by atoms with van der Waals surface area (Å²) >= 11 is 0. The van der Waals surface area contributed by atoms with Gasteiger partial charge in [-0.3, -0.25) is 9.59 Å². The largest absolute Gasteiger partial charge is 0.479 e. The lowest BCUT2D eigenvalue weighted by molar-refractivity contribution is -0.124. The van der Waals surface area contributed by atoms with Crippen molar-refractivity contribution in [3.05, 3.63) is 53.7 Å². The molecule has 0 radical (unpaired) electrons. The molecule has 2 aromatic heterocycles. The molecule has 2 fully saturated rings. The van der Waals surface area contributed by atoms with Gasteiger partial charge >= 0.3 is 0 Å². The molecule has 2 atom stereocenters. The van der Waals surface area contributed by atoms with E-state index in [1.54, 1.807) is 25.1 Å². The maximum Gasteiger partial charge on any atom is 0.267 e. The van der Waals surface area contributed by atoms with E-state index < -0.39 is 17.8 Å². The maximum absolute atomic E-state index is 14.5. The number of halogens is 1. The van der Waals surface area contributed by atoms with Crippen LogP contribution < -0.4 is 10.1 Å². The Balaban J connectivity index is 1.21. The van der Waals surface area contributed by atoms with E-state index in [0.717, 1.165) is 25.7 Å². The van der Waals surface area contributed by atoms with Crippen molar-refractivity contribution in [3.63, 3.8) is 0 Å². The Labute approximate surface area is 183 Å². The topological polar surface area (TPSA) is 107 Å². The van der Waals surface area contributed by atoms with Crippen molar-refractivity contribution in [3.8, 4) is 5.75 Å². The Morgan fingerprint density at radius 3 is 2.72 bits per heavy atom. The summed E-state index contributed by atoms with van der Waals surface area (Å²) in [6.07, 6.45) is 7.95. The molecule has 1 amide bonds. The molecule has 2 heterocycles. The maximum atomic E-state index is 14.5. The third-order valence-electron chi connectivity index (χ3n) is 5.74. The summed E-state index contributed by atoms with van der Waals surface area (Å²) in [6.45, 7) is 1.74. The molecule has 3 aliphatic rings. The van der Waals surface area contributed by atoms with Crippen LogP contribution in [-0.2, 0) is 4.79 Å². The van der Waals surface area contributed by atoms with Gasteiger partial charge in [-0.05, 0) is 57.2 Å². The fraction of sp³-hybridized carbons (Fsp3) is 0.435. The Morgan fingerprint density at radius 1 is 1.25 bits per heavy atom. The van der Waals surface area contributed by atoms with Crippen molar-refractivity contribution >= 4 is 17.3 Å². The van der Waals surface area contributed by atoms with Crippen LogP contribution in [0.4, 0.5) is 4.39 Å². The number of carbonyl (C=O) groups excluding carboxylic acids is 2. The Bertz CT molecular complexity index is 1100. The highest BCUT2D eigenvalue weighted by atomic mass is 19.1. The lowest BCUT2D eigenvalue weighted by atomic mass is 9.94. The number of allylic oxidation sites excluding steroid dienone is 3.